The first kappa shape index (κ1) is 43.6. The van der Waals surface area contributed by atoms with Gasteiger partial charge in [0.1, 0.15) is 0 Å². The van der Waals surface area contributed by atoms with Crippen LogP contribution in [0.5, 0.6) is 0 Å². The van der Waals surface area contributed by atoms with Crippen molar-refractivity contribution in [3.63, 3.8) is 0 Å². The first-order chi connectivity index (χ1) is 19.4. The van der Waals surface area contributed by atoms with Crippen molar-refractivity contribution in [2.75, 3.05) is 13.2 Å². The Hall–Kier alpha value is -0.399. The third-order valence-electron chi connectivity index (χ3n) is 9.36. The summed E-state index contributed by atoms with van der Waals surface area (Å²) in [6.07, 6.45) is 8.37. The largest absolute Gasteiger partial charge is 2.00 e. The summed E-state index contributed by atoms with van der Waals surface area (Å²) in [5.74, 6) is 1.97. The van der Waals surface area contributed by atoms with E-state index in [0.29, 0.717) is 0 Å². The first-order valence-electron chi connectivity index (χ1n) is 16.8. The van der Waals surface area contributed by atoms with Gasteiger partial charge in [-0.3, -0.25) is 0 Å². The Morgan fingerprint density at radius 2 is 0.795 bits per heavy atom. The van der Waals surface area contributed by atoms with Crippen molar-refractivity contribution >= 4 is 45.5 Å². The van der Waals surface area contributed by atoms with Crippen molar-refractivity contribution < 1.29 is 4.74 Å². The molecule has 0 aromatic carbocycles. The fourth-order valence-electron chi connectivity index (χ4n) is 4.25. The number of imidazole rings is 2. The summed E-state index contributed by atoms with van der Waals surface area (Å²) in [4.78, 5) is 19.7. The molecule has 44 heavy (non-hydrogen) atoms. The van der Waals surface area contributed by atoms with Crippen LogP contribution in [0.4, 0.5) is 0 Å². The van der Waals surface area contributed by atoms with Gasteiger partial charge in [0.25, 0.3) is 0 Å². The minimum Gasteiger partial charge on any atom is -0.442 e. The molecule has 0 saturated heterocycles. The molecular formula is C38H68N4OSr. The summed E-state index contributed by atoms with van der Waals surface area (Å²) in [5.41, 5.74) is 5.21. The number of hydrogen-bond donors (Lipinski definition) is 0. The third kappa shape index (κ3) is 11.7. The Balaban J connectivity index is 0.000000709. The van der Waals surface area contributed by atoms with E-state index in [1.165, 1.54) is 22.8 Å². The second kappa shape index (κ2) is 16.6. The van der Waals surface area contributed by atoms with Crippen LogP contribution in [0.15, 0.2) is 12.2 Å². The van der Waals surface area contributed by atoms with Crippen LogP contribution in [-0.4, -0.2) is 68.7 Å². The molecule has 0 aliphatic carbocycles. The number of nitrogens with zero attached hydrogens (tertiary/aromatic N) is 4. The molecule has 0 spiro atoms. The van der Waals surface area contributed by atoms with Crippen molar-refractivity contribution in [3.8, 4) is 0 Å². The van der Waals surface area contributed by atoms with Gasteiger partial charge < -0.3 is 24.7 Å². The molecule has 0 radical (unpaired) electrons. The van der Waals surface area contributed by atoms with E-state index >= 15 is 0 Å². The van der Waals surface area contributed by atoms with Crippen molar-refractivity contribution in [2.45, 2.75) is 183 Å². The van der Waals surface area contributed by atoms with Gasteiger partial charge in [0.15, 0.2) is 0 Å². The topological polar surface area (TPSA) is 63.2 Å². The van der Waals surface area contributed by atoms with Crippen LogP contribution in [0, 0.1) is 0 Å². The summed E-state index contributed by atoms with van der Waals surface area (Å²) in [6.45, 7) is 41.9. The predicted octanol–water partition coefficient (Wildman–Crippen LogP) is 9.62. The van der Waals surface area contributed by atoms with Gasteiger partial charge in [0.2, 0.25) is 0 Å². The molecule has 5 nitrogen and oxygen atoms in total. The van der Waals surface area contributed by atoms with Crippen LogP contribution < -0.4 is 9.97 Å². The van der Waals surface area contributed by atoms with E-state index in [0.717, 1.165) is 50.5 Å². The van der Waals surface area contributed by atoms with Gasteiger partial charge in [-0.25, -0.2) is 0 Å². The molecule has 0 N–H and O–H groups in total. The minimum absolute atomic E-state index is 0. The van der Waals surface area contributed by atoms with Crippen LogP contribution in [-0.2, 0) is 37.2 Å². The Morgan fingerprint density at radius 3 is 0.977 bits per heavy atom. The quantitative estimate of drug-likeness (QED) is 0.205. The molecule has 248 valence electrons. The van der Waals surface area contributed by atoms with Crippen LogP contribution in [0.2, 0.25) is 0 Å². The van der Waals surface area contributed by atoms with Crippen molar-refractivity contribution in [1.29, 1.82) is 0 Å². The van der Waals surface area contributed by atoms with Crippen molar-refractivity contribution in [2.24, 2.45) is 0 Å². The van der Waals surface area contributed by atoms with Gasteiger partial charge in [0.05, 0.1) is 13.2 Å². The van der Waals surface area contributed by atoms with E-state index in [4.69, 9.17) is 24.7 Å². The zero-order chi connectivity index (χ0) is 33.7. The molecule has 0 amide bonds. The fourth-order valence-corrected chi connectivity index (χ4v) is 4.25. The van der Waals surface area contributed by atoms with Crippen molar-refractivity contribution in [3.05, 3.63) is 46.6 Å². The number of rotatable bonds is 8. The summed E-state index contributed by atoms with van der Waals surface area (Å²) in [7, 11) is 0. The Labute approximate surface area is 310 Å². The average molecular weight is 685 g/mol. The van der Waals surface area contributed by atoms with Gasteiger partial charge in [-0.05, 0) is 58.2 Å². The van der Waals surface area contributed by atoms with Crippen molar-refractivity contribution in [1.82, 2.24) is 19.9 Å². The zero-order valence-corrected chi connectivity index (χ0v) is 35.8. The summed E-state index contributed by atoms with van der Waals surface area (Å²) in [6, 6.07) is 0. The Kier molecular flexibility index (Phi) is 16.5. The predicted molar refractivity (Wildman–Crippen MR) is 191 cm³/mol. The van der Waals surface area contributed by atoms with Crippen LogP contribution in [0.1, 0.15) is 185 Å². The number of aromatic nitrogens is 4. The molecule has 3 heterocycles. The molecule has 6 heteroatoms. The molecular weight excluding hydrogens is 616 g/mol. The molecule has 1 aliphatic heterocycles. The molecule has 0 fully saturated rings. The SMILES string of the molecule is C1=CCOC1.CCC(C)(C)c1nc(C(C)(C)C)[n-]c1C(C)(C)CC.CCC(C)(C)c1nc(C(C)(C)C)[n-]c1C(C)(C)CC.[Sr+2]. The minimum atomic E-state index is 0. The normalized spacial score (nSPS) is 14.4. The van der Waals surface area contributed by atoms with E-state index in [9.17, 15) is 0 Å². The number of hydrogen-bond acceptors (Lipinski definition) is 3. The fraction of sp³-hybridized carbons (Fsp3) is 0.789. The second-order valence-corrected chi connectivity index (χ2v) is 16.9. The standard InChI is InChI=1S/2C17H31N2.C4H6O.Sr/c2*1-10-16(6,7)12-13(17(8,9)11-2)19-14(18-12)15(3,4)5;1-2-4-5-3-1;/h2*10-11H2,1-9H3;1-2H,3-4H2;/q2*-1;;+2. The molecule has 0 unspecified atom stereocenters. The molecule has 0 atom stereocenters. The maximum Gasteiger partial charge on any atom is 2.00 e. The number of ether oxygens (including phenoxy) is 1. The molecule has 0 saturated carbocycles. The zero-order valence-electron chi connectivity index (χ0n) is 32.3. The van der Waals surface area contributed by atoms with Gasteiger partial charge in [-0.1, -0.05) is 171 Å². The van der Waals surface area contributed by atoms with E-state index in [1.54, 1.807) is 0 Å². The van der Waals surface area contributed by atoms with Crippen LogP contribution in [0.25, 0.3) is 0 Å². The maximum atomic E-state index is 4.93. The molecule has 1 aliphatic rings. The average Bonchev–Trinajstić information content (AvgIpc) is 3.69. The van der Waals surface area contributed by atoms with E-state index in [2.05, 4.69) is 125 Å². The third-order valence-corrected chi connectivity index (χ3v) is 9.36. The molecule has 2 aromatic rings. The van der Waals surface area contributed by atoms with E-state index in [1.807, 2.05) is 12.2 Å². The van der Waals surface area contributed by atoms with Gasteiger partial charge >= 0.3 is 45.5 Å². The first-order valence-corrected chi connectivity index (χ1v) is 16.8. The van der Waals surface area contributed by atoms with Crippen LogP contribution >= 0.6 is 0 Å². The van der Waals surface area contributed by atoms with Crippen LogP contribution in [0.3, 0.4) is 0 Å². The monoisotopic (exact) mass is 684 g/mol. The summed E-state index contributed by atoms with van der Waals surface area (Å²) < 4.78 is 4.83. The van der Waals surface area contributed by atoms with E-state index in [-0.39, 0.29) is 78.0 Å². The molecule has 0 bridgehead atoms. The maximum absolute atomic E-state index is 4.93. The van der Waals surface area contributed by atoms with Gasteiger partial charge in [0, 0.05) is 0 Å². The Bertz CT molecular complexity index is 1010. The molecule has 3 rings (SSSR count). The van der Waals surface area contributed by atoms with Gasteiger partial charge in [-0.15, -0.1) is 0 Å². The second-order valence-electron chi connectivity index (χ2n) is 16.9. The van der Waals surface area contributed by atoms with E-state index < -0.39 is 0 Å². The summed E-state index contributed by atoms with van der Waals surface area (Å²) >= 11 is 0. The smallest absolute Gasteiger partial charge is 0.442 e. The van der Waals surface area contributed by atoms with Gasteiger partial charge in [-0.2, -0.15) is 0 Å². The summed E-state index contributed by atoms with van der Waals surface area (Å²) in [5, 5.41) is 0. The Morgan fingerprint density at radius 1 is 0.523 bits per heavy atom. The molecule has 2 aromatic heterocycles.